The summed E-state index contributed by atoms with van der Waals surface area (Å²) in [6.45, 7) is 5.98. The van der Waals surface area contributed by atoms with Crippen molar-refractivity contribution in [1.82, 2.24) is 14.9 Å². The molecule has 21 heavy (non-hydrogen) atoms. The molecule has 0 aliphatic carbocycles. The molecule has 0 aliphatic heterocycles. The van der Waals surface area contributed by atoms with Gasteiger partial charge in [0, 0.05) is 18.1 Å². The lowest BCUT2D eigenvalue weighted by atomic mass is 10.2. The number of carbonyl (C=O) groups is 1. The summed E-state index contributed by atoms with van der Waals surface area (Å²) in [5.74, 6) is -0.400. The topological polar surface area (TPSA) is 66.3 Å². The Kier molecular flexibility index (Phi) is 4.57. The number of amides is 1. The standard InChI is InChI=1S/C15H19N3O2S/c1-5-12-17-9(2)14(21-12)10(3)18(4)15(20)13-11(19)7-6-8-16-13/h6-8,10,19H,5H2,1-4H3/t10-/m0/s1. The molecule has 1 N–H and O–H groups in total. The maximum atomic E-state index is 12.5. The highest BCUT2D eigenvalue weighted by Crippen LogP contribution is 2.30. The average molecular weight is 305 g/mol. The van der Waals surface area contributed by atoms with Crippen LogP contribution in [-0.2, 0) is 6.42 Å². The first-order valence-electron chi connectivity index (χ1n) is 6.83. The second-order valence-corrected chi connectivity index (χ2v) is 5.99. The highest BCUT2D eigenvalue weighted by atomic mass is 32.1. The Labute approximate surface area is 128 Å². The number of nitrogens with zero attached hydrogens (tertiary/aromatic N) is 3. The van der Waals surface area contributed by atoms with Gasteiger partial charge < -0.3 is 10.0 Å². The summed E-state index contributed by atoms with van der Waals surface area (Å²) >= 11 is 1.62. The van der Waals surface area contributed by atoms with E-state index in [1.54, 1.807) is 29.4 Å². The largest absolute Gasteiger partial charge is 0.505 e. The molecule has 6 heteroatoms. The van der Waals surface area contributed by atoms with Crippen molar-refractivity contribution in [3.8, 4) is 5.75 Å². The van der Waals surface area contributed by atoms with Crippen LogP contribution in [-0.4, -0.2) is 32.9 Å². The van der Waals surface area contributed by atoms with Crippen LogP contribution in [0.5, 0.6) is 5.75 Å². The predicted molar refractivity (Wildman–Crippen MR) is 82.6 cm³/mol. The van der Waals surface area contributed by atoms with E-state index in [9.17, 15) is 9.90 Å². The maximum absolute atomic E-state index is 12.5. The third-order valence-electron chi connectivity index (χ3n) is 3.45. The number of rotatable bonds is 4. The van der Waals surface area contributed by atoms with E-state index in [1.165, 1.54) is 12.3 Å². The smallest absolute Gasteiger partial charge is 0.276 e. The predicted octanol–water partition coefficient (Wildman–Crippen LogP) is 2.95. The molecule has 112 valence electrons. The number of pyridine rings is 1. The fourth-order valence-electron chi connectivity index (χ4n) is 2.08. The van der Waals surface area contributed by atoms with Gasteiger partial charge in [0.05, 0.1) is 16.7 Å². The van der Waals surface area contributed by atoms with Crippen LogP contribution in [0.25, 0.3) is 0 Å². The molecule has 0 spiro atoms. The van der Waals surface area contributed by atoms with Gasteiger partial charge in [0.1, 0.15) is 5.75 Å². The minimum Gasteiger partial charge on any atom is -0.505 e. The van der Waals surface area contributed by atoms with Gasteiger partial charge in [-0.3, -0.25) is 4.79 Å². The van der Waals surface area contributed by atoms with Crippen LogP contribution < -0.4 is 0 Å². The molecule has 0 radical (unpaired) electrons. The number of hydrogen-bond donors (Lipinski definition) is 1. The van der Waals surface area contributed by atoms with Crippen LogP contribution in [0, 0.1) is 6.92 Å². The maximum Gasteiger partial charge on any atom is 0.276 e. The first kappa shape index (κ1) is 15.4. The summed E-state index contributed by atoms with van der Waals surface area (Å²) in [5.41, 5.74) is 1.03. The number of aromatic nitrogens is 2. The second-order valence-electron chi connectivity index (χ2n) is 4.87. The number of aromatic hydroxyl groups is 1. The molecule has 0 unspecified atom stereocenters. The van der Waals surface area contributed by atoms with E-state index in [0.29, 0.717) is 0 Å². The van der Waals surface area contributed by atoms with E-state index in [2.05, 4.69) is 16.9 Å². The molecular formula is C15H19N3O2S. The Morgan fingerprint density at radius 2 is 2.24 bits per heavy atom. The molecule has 0 aromatic carbocycles. The Morgan fingerprint density at radius 3 is 2.81 bits per heavy atom. The third-order valence-corrected chi connectivity index (χ3v) is 4.92. The van der Waals surface area contributed by atoms with Crippen LogP contribution in [0.4, 0.5) is 0 Å². The van der Waals surface area contributed by atoms with E-state index < -0.39 is 0 Å². The monoisotopic (exact) mass is 305 g/mol. The molecule has 0 aliphatic rings. The summed E-state index contributed by atoms with van der Waals surface area (Å²) in [4.78, 5) is 23.6. The molecule has 2 aromatic rings. The molecular weight excluding hydrogens is 286 g/mol. The van der Waals surface area contributed by atoms with Gasteiger partial charge in [-0.15, -0.1) is 11.3 Å². The highest BCUT2D eigenvalue weighted by molar-refractivity contribution is 7.11. The average Bonchev–Trinajstić information content (AvgIpc) is 2.86. The lowest BCUT2D eigenvalue weighted by molar-refractivity contribution is 0.0735. The molecule has 2 heterocycles. The van der Waals surface area contributed by atoms with Crippen molar-refractivity contribution in [1.29, 1.82) is 0 Å². The second kappa shape index (κ2) is 6.22. The van der Waals surface area contributed by atoms with Gasteiger partial charge >= 0.3 is 0 Å². The Balaban J connectivity index is 2.26. The van der Waals surface area contributed by atoms with Gasteiger partial charge in [-0.05, 0) is 32.4 Å². The lowest BCUT2D eigenvalue weighted by Gasteiger charge is -2.24. The lowest BCUT2D eigenvalue weighted by Crippen LogP contribution is -2.30. The molecule has 1 amide bonds. The molecule has 0 saturated heterocycles. The quantitative estimate of drug-likeness (QED) is 0.943. The Hall–Kier alpha value is -1.95. The number of carbonyl (C=O) groups excluding carboxylic acids is 1. The highest BCUT2D eigenvalue weighted by Gasteiger charge is 2.25. The van der Waals surface area contributed by atoms with E-state index in [4.69, 9.17) is 0 Å². The van der Waals surface area contributed by atoms with Gasteiger partial charge in [0.15, 0.2) is 5.69 Å². The van der Waals surface area contributed by atoms with Gasteiger partial charge in [0.2, 0.25) is 0 Å². The van der Waals surface area contributed by atoms with Crippen molar-refractivity contribution >= 4 is 17.2 Å². The fourth-order valence-corrected chi connectivity index (χ4v) is 3.19. The summed E-state index contributed by atoms with van der Waals surface area (Å²) in [5, 5.41) is 10.8. The first-order chi connectivity index (χ1) is 9.95. The molecule has 0 bridgehead atoms. The van der Waals surface area contributed by atoms with Crippen LogP contribution in [0.2, 0.25) is 0 Å². The molecule has 2 aromatic heterocycles. The molecule has 5 nitrogen and oxygen atoms in total. The first-order valence-corrected chi connectivity index (χ1v) is 7.64. The van der Waals surface area contributed by atoms with Crippen molar-refractivity contribution in [2.45, 2.75) is 33.2 Å². The van der Waals surface area contributed by atoms with Crippen LogP contribution in [0.15, 0.2) is 18.3 Å². The number of hydrogen-bond acceptors (Lipinski definition) is 5. The summed E-state index contributed by atoms with van der Waals surface area (Å²) in [6, 6.07) is 2.94. The molecule has 1 atom stereocenters. The van der Waals surface area contributed by atoms with Crippen molar-refractivity contribution in [3.05, 3.63) is 39.6 Å². The van der Waals surface area contributed by atoms with Gasteiger partial charge in [-0.1, -0.05) is 6.92 Å². The zero-order valence-electron chi connectivity index (χ0n) is 12.6. The summed E-state index contributed by atoms with van der Waals surface area (Å²) in [6.07, 6.45) is 2.38. The zero-order valence-corrected chi connectivity index (χ0v) is 13.4. The van der Waals surface area contributed by atoms with Crippen molar-refractivity contribution < 1.29 is 9.90 Å². The van der Waals surface area contributed by atoms with Crippen molar-refractivity contribution in [3.63, 3.8) is 0 Å². The van der Waals surface area contributed by atoms with Gasteiger partial charge in [-0.2, -0.15) is 0 Å². The van der Waals surface area contributed by atoms with E-state index in [1.807, 2.05) is 13.8 Å². The van der Waals surface area contributed by atoms with E-state index >= 15 is 0 Å². The zero-order chi connectivity index (χ0) is 15.6. The summed E-state index contributed by atoms with van der Waals surface area (Å²) < 4.78 is 0. The number of thiazole rings is 1. The van der Waals surface area contributed by atoms with Gasteiger partial charge in [-0.25, -0.2) is 9.97 Å². The summed E-state index contributed by atoms with van der Waals surface area (Å²) in [7, 11) is 1.71. The number of aryl methyl sites for hydroxylation is 2. The third kappa shape index (κ3) is 3.05. The Morgan fingerprint density at radius 1 is 1.52 bits per heavy atom. The normalized spacial score (nSPS) is 12.2. The fraction of sp³-hybridized carbons (Fsp3) is 0.400. The van der Waals surface area contributed by atoms with E-state index in [-0.39, 0.29) is 23.4 Å². The SMILES string of the molecule is CCc1nc(C)c([C@H](C)N(C)C(=O)c2ncccc2O)s1. The van der Waals surface area contributed by atoms with Crippen LogP contribution >= 0.6 is 11.3 Å². The van der Waals surface area contributed by atoms with Crippen molar-refractivity contribution in [2.24, 2.45) is 0 Å². The van der Waals surface area contributed by atoms with Crippen LogP contribution in [0.3, 0.4) is 0 Å². The van der Waals surface area contributed by atoms with E-state index in [0.717, 1.165) is 22.0 Å². The minimum atomic E-state index is -0.300. The minimum absolute atomic E-state index is 0.0738. The van der Waals surface area contributed by atoms with Crippen molar-refractivity contribution in [2.75, 3.05) is 7.05 Å². The van der Waals surface area contributed by atoms with Crippen LogP contribution in [0.1, 0.15) is 46.0 Å². The molecule has 0 fully saturated rings. The Bertz CT molecular complexity index is 654. The molecule has 2 rings (SSSR count). The molecule has 0 saturated carbocycles. The van der Waals surface area contributed by atoms with Gasteiger partial charge in [0.25, 0.3) is 5.91 Å².